The summed E-state index contributed by atoms with van der Waals surface area (Å²) in [7, 11) is 0. The van der Waals surface area contributed by atoms with E-state index in [0.29, 0.717) is 4.90 Å². The molecule has 39 heavy (non-hydrogen) atoms. The second-order valence-corrected chi connectivity index (χ2v) is 9.09. The van der Waals surface area contributed by atoms with Gasteiger partial charge >= 0.3 is 30.0 Å². The molecule has 206 valence electrons. The van der Waals surface area contributed by atoms with Crippen LogP contribution in [0.15, 0.2) is 30.5 Å². The first kappa shape index (κ1) is 26.5. The number of hydrogen-bond donors (Lipinski definition) is 0. The number of rotatable bonds is 4. The first-order valence-electron chi connectivity index (χ1n) is 10.9. The maximum absolute atomic E-state index is 14.4. The van der Waals surface area contributed by atoms with Gasteiger partial charge in [0.05, 0.1) is 24.0 Å². The molecular formula is C22H12F9N5O3. The quantitative estimate of drug-likeness (QED) is 0.416. The number of benzene rings is 1. The monoisotopic (exact) mass is 565 g/mol. The number of alkyl halides is 9. The molecule has 3 aliphatic heterocycles. The van der Waals surface area contributed by atoms with Gasteiger partial charge in [-0.25, -0.2) is 14.7 Å². The summed E-state index contributed by atoms with van der Waals surface area (Å²) in [6.45, 7) is -0.914. The fraction of sp³-hybridized carbons (Fsp3) is 0.409. The molecule has 8 nitrogen and oxygen atoms in total. The molecule has 0 saturated carbocycles. The molecule has 2 unspecified atom stereocenters. The number of halogens is 9. The number of imide groups is 1. The van der Waals surface area contributed by atoms with Crippen molar-refractivity contribution in [2.24, 2.45) is 0 Å². The van der Waals surface area contributed by atoms with E-state index in [2.05, 4.69) is 4.98 Å². The van der Waals surface area contributed by atoms with Crippen LogP contribution in [0.4, 0.5) is 50.0 Å². The summed E-state index contributed by atoms with van der Waals surface area (Å²) < 4.78 is 121. The molecule has 4 heterocycles. The van der Waals surface area contributed by atoms with E-state index < -0.39 is 66.5 Å². The molecule has 5 rings (SSSR count). The van der Waals surface area contributed by atoms with Crippen molar-refractivity contribution in [2.45, 2.75) is 48.5 Å². The number of carbonyl (C=O) groups is 3. The van der Waals surface area contributed by atoms with Crippen LogP contribution in [-0.4, -0.2) is 81.2 Å². The van der Waals surface area contributed by atoms with Gasteiger partial charge in [0.15, 0.2) is 0 Å². The number of hydrogen-bond acceptors (Lipinski definition) is 5. The van der Waals surface area contributed by atoms with Gasteiger partial charge in [0.25, 0.3) is 11.8 Å². The van der Waals surface area contributed by atoms with Crippen LogP contribution in [0.25, 0.3) is 10.8 Å². The third-order valence-corrected chi connectivity index (χ3v) is 7.06. The minimum atomic E-state index is -7.26. The molecule has 2 bridgehead atoms. The van der Waals surface area contributed by atoms with Gasteiger partial charge in [-0.1, -0.05) is 24.3 Å². The molecule has 3 fully saturated rings. The zero-order valence-electron chi connectivity index (χ0n) is 18.9. The maximum atomic E-state index is 14.4. The summed E-state index contributed by atoms with van der Waals surface area (Å²) >= 11 is 0. The highest BCUT2D eigenvalue weighted by Gasteiger charge is 2.84. The minimum absolute atomic E-state index is 0.0513. The number of piperazine rings is 1. The van der Waals surface area contributed by atoms with Crippen LogP contribution in [0.5, 0.6) is 0 Å². The number of aromatic nitrogens is 1. The number of urea groups is 1. The van der Waals surface area contributed by atoms with Crippen molar-refractivity contribution >= 4 is 34.3 Å². The number of nitrogens with zero attached hydrogens (tertiary/aromatic N) is 5. The summed E-state index contributed by atoms with van der Waals surface area (Å²) in [6.07, 6.45) is -6.46. The van der Waals surface area contributed by atoms with Crippen LogP contribution in [0.2, 0.25) is 0 Å². The number of amides is 4. The molecule has 1 aromatic heterocycles. The normalized spacial score (nSPS) is 23.6. The largest absolute Gasteiger partial charge is 0.460 e. The van der Waals surface area contributed by atoms with Crippen LogP contribution >= 0.6 is 0 Å². The van der Waals surface area contributed by atoms with E-state index in [-0.39, 0.29) is 33.5 Å². The second-order valence-electron chi connectivity index (χ2n) is 9.09. The average Bonchev–Trinajstić information content (AvgIpc) is 3.53. The number of pyridine rings is 1. The van der Waals surface area contributed by atoms with Crippen LogP contribution in [0, 0.1) is 11.3 Å². The molecule has 3 saturated heterocycles. The van der Waals surface area contributed by atoms with Crippen molar-refractivity contribution in [3.63, 3.8) is 0 Å². The van der Waals surface area contributed by atoms with Gasteiger partial charge in [-0.3, -0.25) is 9.59 Å². The lowest BCUT2D eigenvalue weighted by Gasteiger charge is -2.39. The van der Waals surface area contributed by atoms with E-state index in [1.807, 2.05) is 6.07 Å². The third-order valence-electron chi connectivity index (χ3n) is 7.06. The van der Waals surface area contributed by atoms with Gasteiger partial charge in [-0.2, -0.15) is 44.8 Å². The summed E-state index contributed by atoms with van der Waals surface area (Å²) in [5.41, 5.74) is -0.169. The van der Waals surface area contributed by atoms with Gasteiger partial charge in [0, 0.05) is 17.3 Å². The number of likely N-dealkylation sites (tertiary alicyclic amines) is 1. The first-order valence-corrected chi connectivity index (χ1v) is 10.9. The van der Waals surface area contributed by atoms with E-state index in [9.17, 15) is 59.2 Å². The fourth-order valence-corrected chi connectivity index (χ4v) is 5.25. The average molecular weight is 565 g/mol. The van der Waals surface area contributed by atoms with Crippen molar-refractivity contribution in [3.8, 4) is 6.07 Å². The Hall–Kier alpha value is -4.10. The van der Waals surface area contributed by atoms with Crippen LogP contribution in [-0.2, 0) is 9.59 Å². The predicted molar refractivity (Wildman–Crippen MR) is 110 cm³/mol. The zero-order chi connectivity index (χ0) is 28.9. The van der Waals surface area contributed by atoms with Crippen molar-refractivity contribution in [1.29, 1.82) is 5.26 Å². The second kappa shape index (κ2) is 7.96. The van der Waals surface area contributed by atoms with E-state index in [1.54, 1.807) is 6.07 Å². The Labute approximate surface area is 211 Å². The van der Waals surface area contributed by atoms with Crippen LogP contribution in [0.3, 0.4) is 0 Å². The van der Waals surface area contributed by atoms with Crippen molar-refractivity contribution in [2.75, 3.05) is 11.4 Å². The van der Waals surface area contributed by atoms with E-state index in [4.69, 9.17) is 0 Å². The molecule has 4 amide bonds. The van der Waals surface area contributed by atoms with Crippen LogP contribution in [0.1, 0.15) is 12.1 Å². The highest BCUT2D eigenvalue weighted by atomic mass is 19.4. The van der Waals surface area contributed by atoms with E-state index >= 15 is 0 Å². The fourth-order valence-electron chi connectivity index (χ4n) is 5.25. The summed E-state index contributed by atoms with van der Waals surface area (Å²) in [5, 5.41) is 9.74. The number of carbonyl (C=O) groups excluding carboxylic acids is 3. The highest BCUT2D eigenvalue weighted by Crippen LogP contribution is 2.54. The lowest BCUT2D eigenvalue weighted by atomic mass is 10.0. The minimum Gasteiger partial charge on any atom is -0.330 e. The smallest absolute Gasteiger partial charge is 0.330 e. The lowest BCUT2D eigenvalue weighted by Crippen LogP contribution is -2.67. The van der Waals surface area contributed by atoms with Gasteiger partial charge in [-0.05, 0) is 6.42 Å². The summed E-state index contributed by atoms with van der Waals surface area (Å²) in [5.74, 6) is -25.1. The summed E-state index contributed by atoms with van der Waals surface area (Å²) in [4.78, 5) is 44.2. The summed E-state index contributed by atoms with van der Waals surface area (Å²) in [6, 6.07) is 2.21. The molecule has 0 aliphatic carbocycles. The maximum Gasteiger partial charge on any atom is 0.460 e. The van der Waals surface area contributed by atoms with Gasteiger partial charge < -0.3 is 9.80 Å². The lowest BCUT2D eigenvalue weighted by molar-refractivity contribution is -0.389. The Morgan fingerprint density at radius 3 is 2.18 bits per heavy atom. The highest BCUT2D eigenvalue weighted by molar-refractivity contribution is 6.25. The molecule has 0 N–H and O–H groups in total. The molecule has 17 heteroatoms. The molecule has 0 spiro atoms. The Morgan fingerprint density at radius 2 is 1.59 bits per heavy atom. The number of anilines is 1. The molecular weight excluding hydrogens is 553 g/mol. The topological polar surface area (TPSA) is 97.6 Å². The Bertz CT molecular complexity index is 1470. The van der Waals surface area contributed by atoms with Crippen LogP contribution < -0.4 is 4.90 Å². The van der Waals surface area contributed by atoms with Gasteiger partial charge in [-0.15, -0.1) is 0 Å². The van der Waals surface area contributed by atoms with E-state index in [1.165, 1.54) is 18.2 Å². The van der Waals surface area contributed by atoms with Crippen molar-refractivity contribution in [1.82, 2.24) is 14.8 Å². The number of nitriles is 1. The SMILES string of the molecule is N#Cc1ncc(N2C(=O)C3C4C[C@H](CN4C(=O)C(F)(F)C(F)(F)C(F)(F)C(F)(F)F)N3C2=O)c2ccccc12. The van der Waals surface area contributed by atoms with Gasteiger partial charge in [0.2, 0.25) is 0 Å². The standard InChI is InChI=1S/C22H12F9N5O3/c23-19(24,20(25,26)21(27,28)22(29,30)31)17(38)34-8-9-5-13(34)15-16(37)36(18(39)35(9)15)14-7-33-12(6-32)10-3-1-2-4-11(10)14/h1-4,7,9,13,15H,5,8H2/t9-,13?,15?/m1/s1. The first-order chi connectivity index (χ1) is 18.0. The van der Waals surface area contributed by atoms with Crippen molar-refractivity contribution < 1.29 is 53.9 Å². The molecule has 2 aromatic rings. The Kier molecular flexibility index (Phi) is 5.41. The number of fused-ring (bicyclic) bond motifs is 6. The molecule has 1 aromatic carbocycles. The van der Waals surface area contributed by atoms with Crippen molar-refractivity contribution in [3.05, 3.63) is 36.2 Å². The molecule has 3 atom stereocenters. The Morgan fingerprint density at radius 1 is 0.974 bits per heavy atom. The predicted octanol–water partition coefficient (Wildman–Crippen LogP) is 3.69. The third kappa shape index (κ3) is 3.26. The zero-order valence-corrected chi connectivity index (χ0v) is 18.9. The Balaban J connectivity index is 1.48. The molecule has 0 radical (unpaired) electrons. The molecule has 3 aliphatic rings. The van der Waals surface area contributed by atoms with Gasteiger partial charge in [0.1, 0.15) is 17.8 Å². The van der Waals surface area contributed by atoms with E-state index in [0.717, 1.165) is 11.1 Å².